The van der Waals surface area contributed by atoms with Gasteiger partial charge in [-0.25, -0.2) is 0 Å². The molecule has 1 aliphatic carbocycles. The highest BCUT2D eigenvalue weighted by Gasteiger charge is 2.33. The number of amides is 1. The Morgan fingerprint density at radius 2 is 2.05 bits per heavy atom. The van der Waals surface area contributed by atoms with Crippen molar-refractivity contribution in [3.8, 4) is 0 Å². The molecule has 2 aromatic rings. The van der Waals surface area contributed by atoms with Crippen LogP contribution in [0.4, 0.5) is 5.69 Å². The van der Waals surface area contributed by atoms with Crippen LogP contribution in [-0.4, -0.2) is 21.6 Å². The van der Waals surface area contributed by atoms with Crippen molar-refractivity contribution < 1.29 is 4.79 Å². The van der Waals surface area contributed by atoms with Gasteiger partial charge in [-0.2, -0.15) is 10.1 Å². The molecule has 0 spiro atoms. The molecule has 0 aromatic carbocycles. The summed E-state index contributed by atoms with van der Waals surface area (Å²) in [6.45, 7) is 0. The van der Waals surface area contributed by atoms with Crippen molar-refractivity contribution >= 4 is 28.3 Å². The molecule has 0 unspecified atom stereocenters. The van der Waals surface area contributed by atoms with Gasteiger partial charge in [0.05, 0.1) is 23.3 Å². The number of hydrogen-bond acceptors (Lipinski definition) is 4. The summed E-state index contributed by atoms with van der Waals surface area (Å²) in [5, 5.41) is 6.05. The normalized spacial score (nSPS) is 19.3. The summed E-state index contributed by atoms with van der Waals surface area (Å²) in [6, 6.07) is 5.54. The van der Waals surface area contributed by atoms with Crippen LogP contribution in [0.3, 0.4) is 0 Å². The molecule has 0 N–H and O–H groups in total. The molecule has 20 heavy (non-hydrogen) atoms. The lowest BCUT2D eigenvalue weighted by Crippen LogP contribution is -2.21. The first-order valence-electron chi connectivity index (χ1n) is 6.93. The summed E-state index contributed by atoms with van der Waals surface area (Å²) in [7, 11) is 0. The number of pyridine rings is 2. The molecular weight excluding hydrogens is 252 g/mol. The van der Waals surface area contributed by atoms with Crippen LogP contribution in [0.2, 0.25) is 0 Å². The molecule has 0 atom stereocenters. The Balaban J connectivity index is 1.78. The van der Waals surface area contributed by atoms with Crippen LogP contribution in [0, 0.1) is 5.92 Å². The van der Waals surface area contributed by atoms with Crippen LogP contribution in [0.1, 0.15) is 25.7 Å². The van der Waals surface area contributed by atoms with Gasteiger partial charge in [-0.15, -0.1) is 0 Å². The second-order valence-electron chi connectivity index (χ2n) is 5.30. The second kappa shape index (κ2) is 4.37. The maximum absolute atomic E-state index is 12.2. The molecule has 1 saturated carbocycles. The molecule has 2 aliphatic rings. The Morgan fingerprint density at radius 1 is 1.15 bits per heavy atom. The summed E-state index contributed by atoms with van der Waals surface area (Å²) in [4.78, 5) is 20.8. The highest BCUT2D eigenvalue weighted by Crippen LogP contribution is 2.34. The first-order chi connectivity index (χ1) is 9.83. The number of carbonyl (C=O) groups excluding carboxylic acids is 1. The van der Waals surface area contributed by atoms with Gasteiger partial charge >= 0.3 is 0 Å². The molecule has 1 fully saturated rings. The number of rotatable bonds is 2. The van der Waals surface area contributed by atoms with Gasteiger partial charge in [-0.3, -0.25) is 14.8 Å². The number of carbonyl (C=O) groups is 1. The van der Waals surface area contributed by atoms with E-state index in [1.165, 1.54) is 11.4 Å². The van der Waals surface area contributed by atoms with E-state index >= 15 is 0 Å². The van der Waals surface area contributed by atoms with Gasteiger partial charge in [0.25, 0.3) is 5.91 Å². The summed E-state index contributed by atoms with van der Waals surface area (Å²) in [6.07, 6.45) is 7.43. The smallest absolute Gasteiger partial charge is 0.253 e. The van der Waals surface area contributed by atoms with Crippen molar-refractivity contribution in [3.63, 3.8) is 0 Å². The second-order valence-corrected chi connectivity index (χ2v) is 5.30. The maximum Gasteiger partial charge on any atom is 0.253 e. The first kappa shape index (κ1) is 11.5. The highest BCUT2D eigenvalue weighted by molar-refractivity contribution is 6.15. The highest BCUT2D eigenvalue weighted by atomic mass is 16.2. The number of nitrogens with zero attached hydrogens (tertiary/aromatic N) is 4. The van der Waals surface area contributed by atoms with Gasteiger partial charge in [0.2, 0.25) is 0 Å². The SMILES string of the molecule is O=C1CC(C2CCC2)=NN1c1ccnc2cccnc12. The number of fused-ring (bicyclic) bond motifs is 1. The molecule has 100 valence electrons. The van der Waals surface area contributed by atoms with Crippen molar-refractivity contribution in [1.82, 2.24) is 9.97 Å². The van der Waals surface area contributed by atoms with Crippen LogP contribution < -0.4 is 5.01 Å². The number of hydrazone groups is 1. The first-order valence-corrected chi connectivity index (χ1v) is 6.93. The van der Waals surface area contributed by atoms with E-state index in [1.54, 1.807) is 18.5 Å². The maximum atomic E-state index is 12.2. The van der Waals surface area contributed by atoms with Crippen LogP contribution in [0.25, 0.3) is 11.0 Å². The minimum absolute atomic E-state index is 0.0325. The van der Waals surface area contributed by atoms with Crippen molar-refractivity contribution in [1.29, 1.82) is 0 Å². The van der Waals surface area contributed by atoms with Gasteiger partial charge < -0.3 is 0 Å². The monoisotopic (exact) mass is 266 g/mol. The fraction of sp³-hybridized carbons (Fsp3) is 0.333. The predicted molar refractivity (Wildman–Crippen MR) is 76.4 cm³/mol. The molecule has 3 heterocycles. The third kappa shape index (κ3) is 1.70. The minimum atomic E-state index is 0.0325. The van der Waals surface area contributed by atoms with E-state index in [-0.39, 0.29) is 5.91 Å². The third-order valence-corrected chi connectivity index (χ3v) is 4.08. The minimum Gasteiger partial charge on any atom is -0.272 e. The zero-order chi connectivity index (χ0) is 13.5. The number of aromatic nitrogens is 2. The van der Waals surface area contributed by atoms with Gasteiger partial charge in [0.1, 0.15) is 5.52 Å². The van der Waals surface area contributed by atoms with E-state index in [4.69, 9.17) is 0 Å². The van der Waals surface area contributed by atoms with Crippen molar-refractivity contribution in [3.05, 3.63) is 30.6 Å². The zero-order valence-corrected chi connectivity index (χ0v) is 11.0. The summed E-state index contributed by atoms with van der Waals surface area (Å²) < 4.78 is 0. The van der Waals surface area contributed by atoms with Gasteiger partial charge in [-0.05, 0) is 37.0 Å². The summed E-state index contributed by atoms with van der Waals surface area (Å²) in [5.74, 6) is 0.537. The molecule has 1 aliphatic heterocycles. The lowest BCUT2D eigenvalue weighted by Gasteiger charge is -2.24. The third-order valence-electron chi connectivity index (χ3n) is 4.08. The average Bonchev–Trinajstić information content (AvgIpc) is 2.77. The van der Waals surface area contributed by atoms with Crippen LogP contribution in [0.15, 0.2) is 35.7 Å². The number of anilines is 1. The lowest BCUT2D eigenvalue weighted by atomic mass is 9.81. The molecule has 5 heteroatoms. The van der Waals surface area contributed by atoms with E-state index < -0.39 is 0 Å². The van der Waals surface area contributed by atoms with Crippen molar-refractivity contribution in [2.45, 2.75) is 25.7 Å². The van der Waals surface area contributed by atoms with Crippen LogP contribution in [0.5, 0.6) is 0 Å². The zero-order valence-electron chi connectivity index (χ0n) is 11.0. The Labute approximate surface area is 116 Å². The molecule has 5 nitrogen and oxygen atoms in total. The fourth-order valence-corrected chi connectivity index (χ4v) is 2.74. The van der Waals surface area contributed by atoms with Crippen molar-refractivity contribution in [2.24, 2.45) is 11.0 Å². The lowest BCUT2D eigenvalue weighted by molar-refractivity contribution is -0.116. The Hall–Kier alpha value is -2.30. The van der Waals surface area contributed by atoms with Gasteiger partial charge in [0.15, 0.2) is 0 Å². The standard InChI is InChI=1S/C15H14N4O/c20-14-9-12(10-3-1-4-10)18-19(14)13-6-8-16-11-5-2-7-17-15(11)13/h2,5-8,10H,1,3-4,9H2. The van der Waals surface area contributed by atoms with E-state index in [1.807, 2.05) is 12.1 Å². The molecule has 0 bridgehead atoms. The topological polar surface area (TPSA) is 58.5 Å². The molecule has 0 radical (unpaired) electrons. The average molecular weight is 266 g/mol. The Bertz CT molecular complexity index is 715. The summed E-state index contributed by atoms with van der Waals surface area (Å²) in [5.41, 5.74) is 3.27. The molecular formula is C15H14N4O. The summed E-state index contributed by atoms with van der Waals surface area (Å²) >= 11 is 0. The Kier molecular flexibility index (Phi) is 2.52. The van der Waals surface area contributed by atoms with Crippen LogP contribution in [-0.2, 0) is 4.79 Å². The fourth-order valence-electron chi connectivity index (χ4n) is 2.74. The van der Waals surface area contributed by atoms with Crippen LogP contribution >= 0.6 is 0 Å². The van der Waals surface area contributed by atoms with Gasteiger partial charge in [-0.1, -0.05) is 6.42 Å². The van der Waals surface area contributed by atoms with Crippen molar-refractivity contribution in [2.75, 3.05) is 5.01 Å². The predicted octanol–water partition coefficient (Wildman–Crippen LogP) is 2.52. The van der Waals surface area contributed by atoms with Gasteiger partial charge in [0, 0.05) is 12.4 Å². The quantitative estimate of drug-likeness (QED) is 0.839. The largest absolute Gasteiger partial charge is 0.272 e. The van der Waals surface area contributed by atoms with E-state index in [9.17, 15) is 4.79 Å². The van der Waals surface area contributed by atoms with E-state index in [0.29, 0.717) is 12.3 Å². The van der Waals surface area contributed by atoms with E-state index in [2.05, 4.69) is 15.1 Å². The Morgan fingerprint density at radius 3 is 2.85 bits per heavy atom. The molecule has 1 amide bonds. The number of hydrogen-bond donors (Lipinski definition) is 0. The molecule has 0 saturated heterocycles. The molecule has 2 aromatic heterocycles. The molecule has 4 rings (SSSR count). The van der Waals surface area contributed by atoms with E-state index in [0.717, 1.165) is 35.3 Å².